The molecule has 1 amide bonds. The molecule has 2 heterocycles. The molecule has 0 bridgehead atoms. The van der Waals surface area contributed by atoms with Crippen LogP contribution in [-0.2, 0) is 9.53 Å². The summed E-state index contributed by atoms with van der Waals surface area (Å²) in [6.07, 6.45) is 2.48. The van der Waals surface area contributed by atoms with E-state index in [0.29, 0.717) is 42.7 Å². The first-order valence-electron chi connectivity index (χ1n) is 11.8. The van der Waals surface area contributed by atoms with Crippen molar-refractivity contribution >= 4 is 34.4 Å². The van der Waals surface area contributed by atoms with Gasteiger partial charge in [-0.25, -0.2) is 14.8 Å². The summed E-state index contributed by atoms with van der Waals surface area (Å²) < 4.78 is 11.0. The molecular weight excluding hydrogens is 432 g/mol. The van der Waals surface area contributed by atoms with Crippen molar-refractivity contribution in [3.63, 3.8) is 0 Å². The summed E-state index contributed by atoms with van der Waals surface area (Å²) in [4.78, 5) is 36.7. The van der Waals surface area contributed by atoms with Crippen LogP contribution < -0.4 is 15.0 Å². The fourth-order valence-corrected chi connectivity index (χ4v) is 4.04. The number of aromatic nitrogens is 2. The number of benzene rings is 2. The minimum absolute atomic E-state index is 0.0875. The van der Waals surface area contributed by atoms with Crippen LogP contribution in [0.1, 0.15) is 43.5 Å². The van der Waals surface area contributed by atoms with E-state index in [1.165, 1.54) is 0 Å². The molecule has 2 aromatic carbocycles. The largest absolute Gasteiger partial charge is 0.475 e. The Hall–Kier alpha value is -3.68. The molecule has 4 rings (SSSR count). The smallest absolute Gasteiger partial charge is 0.338 e. The minimum atomic E-state index is -0.406. The van der Waals surface area contributed by atoms with Crippen LogP contribution in [0.4, 0.5) is 11.5 Å². The van der Waals surface area contributed by atoms with Gasteiger partial charge in [-0.15, -0.1) is 0 Å². The fraction of sp³-hybridized carbons (Fsp3) is 0.385. The third kappa shape index (κ3) is 5.44. The lowest BCUT2D eigenvalue weighted by Crippen LogP contribution is -2.41. The molecule has 0 unspecified atom stereocenters. The van der Waals surface area contributed by atoms with Gasteiger partial charge in [-0.05, 0) is 56.5 Å². The Morgan fingerprint density at radius 3 is 2.65 bits per heavy atom. The van der Waals surface area contributed by atoms with Crippen LogP contribution in [0.2, 0.25) is 0 Å². The normalized spacial score (nSPS) is 15.7. The Bertz CT molecular complexity index is 1170. The van der Waals surface area contributed by atoms with Gasteiger partial charge in [-0.3, -0.25) is 4.79 Å². The molecule has 0 spiro atoms. The van der Waals surface area contributed by atoms with Crippen LogP contribution in [0.25, 0.3) is 11.0 Å². The Labute approximate surface area is 199 Å². The zero-order chi connectivity index (χ0) is 23.9. The fourth-order valence-electron chi connectivity index (χ4n) is 4.04. The standard InChI is InChI=1S/C26H30N4O4/c1-3-15-34-25-23(28-21-12-5-6-13-22(21)29-25)30-14-8-10-19(17-30)24(31)27-20-11-7-9-18(16-20)26(32)33-4-2/h5-7,9,11-13,16,19H,3-4,8,10,14-15,17H2,1-2H3,(H,27,31)/t19-/m0/s1. The number of nitrogens with zero attached hydrogens (tertiary/aromatic N) is 3. The van der Waals surface area contributed by atoms with Gasteiger partial charge in [0.1, 0.15) is 0 Å². The van der Waals surface area contributed by atoms with Crippen molar-refractivity contribution in [3.8, 4) is 5.88 Å². The number of hydrogen-bond donors (Lipinski definition) is 1. The summed E-state index contributed by atoms with van der Waals surface area (Å²) in [5.74, 6) is 0.456. The van der Waals surface area contributed by atoms with Gasteiger partial charge in [-0.1, -0.05) is 25.1 Å². The number of hydrogen-bond acceptors (Lipinski definition) is 7. The van der Waals surface area contributed by atoms with Crippen molar-refractivity contribution in [1.29, 1.82) is 0 Å². The number of ether oxygens (including phenoxy) is 2. The Morgan fingerprint density at radius 1 is 1.09 bits per heavy atom. The second-order valence-corrected chi connectivity index (χ2v) is 8.27. The predicted octanol–water partition coefficient (Wildman–Crippen LogP) is 4.45. The van der Waals surface area contributed by atoms with Crippen molar-refractivity contribution in [1.82, 2.24) is 9.97 Å². The Balaban J connectivity index is 1.51. The molecule has 8 nitrogen and oxygen atoms in total. The number of carbonyl (C=O) groups excluding carboxylic acids is 2. The molecule has 1 aliphatic heterocycles. The monoisotopic (exact) mass is 462 g/mol. The molecular formula is C26H30N4O4. The molecule has 1 saturated heterocycles. The molecule has 0 saturated carbocycles. The van der Waals surface area contributed by atoms with Gasteiger partial charge in [0.05, 0.1) is 35.7 Å². The highest BCUT2D eigenvalue weighted by Gasteiger charge is 2.29. The van der Waals surface area contributed by atoms with Gasteiger partial charge in [0.25, 0.3) is 5.88 Å². The van der Waals surface area contributed by atoms with Crippen LogP contribution in [0.5, 0.6) is 5.88 Å². The van der Waals surface area contributed by atoms with E-state index in [4.69, 9.17) is 19.4 Å². The summed E-state index contributed by atoms with van der Waals surface area (Å²) in [5, 5.41) is 2.96. The quantitative estimate of drug-likeness (QED) is 0.494. The highest BCUT2D eigenvalue weighted by Crippen LogP contribution is 2.31. The summed E-state index contributed by atoms with van der Waals surface area (Å²) in [5.41, 5.74) is 2.56. The third-order valence-corrected chi connectivity index (χ3v) is 5.70. The van der Waals surface area contributed by atoms with Crippen LogP contribution in [-0.4, -0.2) is 48.1 Å². The second kappa shape index (κ2) is 11.0. The minimum Gasteiger partial charge on any atom is -0.475 e. The summed E-state index contributed by atoms with van der Waals surface area (Å²) >= 11 is 0. The highest BCUT2D eigenvalue weighted by molar-refractivity contribution is 5.96. The maximum Gasteiger partial charge on any atom is 0.338 e. The van der Waals surface area contributed by atoms with E-state index in [2.05, 4.69) is 10.2 Å². The Kier molecular flexibility index (Phi) is 7.57. The first-order valence-corrected chi connectivity index (χ1v) is 11.8. The second-order valence-electron chi connectivity index (χ2n) is 8.27. The molecule has 1 aromatic heterocycles. The van der Waals surface area contributed by atoms with E-state index in [-0.39, 0.29) is 11.8 Å². The van der Waals surface area contributed by atoms with Gasteiger partial charge in [0, 0.05) is 18.8 Å². The van der Waals surface area contributed by atoms with Gasteiger partial charge < -0.3 is 19.7 Å². The lowest BCUT2D eigenvalue weighted by molar-refractivity contribution is -0.120. The molecule has 0 aliphatic carbocycles. The lowest BCUT2D eigenvalue weighted by Gasteiger charge is -2.33. The number of para-hydroxylation sites is 2. The van der Waals surface area contributed by atoms with E-state index in [1.54, 1.807) is 31.2 Å². The molecule has 1 atom stereocenters. The van der Waals surface area contributed by atoms with E-state index in [1.807, 2.05) is 31.2 Å². The van der Waals surface area contributed by atoms with Crippen molar-refractivity contribution < 1.29 is 19.1 Å². The summed E-state index contributed by atoms with van der Waals surface area (Å²) in [6, 6.07) is 14.5. The third-order valence-electron chi connectivity index (χ3n) is 5.70. The van der Waals surface area contributed by atoms with Crippen molar-refractivity contribution in [2.75, 3.05) is 36.5 Å². The van der Waals surface area contributed by atoms with Crippen LogP contribution in [0.15, 0.2) is 48.5 Å². The molecule has 1 aliphatic rings. The first-order chi connectivity index (χ1) is 16.6. The van der Waals surface area contributed by atoms with E-state index in [0.717, 1.165) is 36.8 Å². The molecule has 178 valence electrons. The average molecular weight is 463 g/mol. The van der Waals surface area contributed by atoms with Crippen LogP contribution in [0, 0.1) is 5.92 Å². The predicted molar refractivity (Wildman–Crippen MR) is 131 cm³/mol. The molecule has 8 heteroatoms. The van der Waals surface area contributed by atoms with Crippen LogP contribution in [0.3, 0.4) is 0 Å². The van der Waals surface area contributed by atoms with Gasteiger partial charge in [-0.2, -0.15) is 0 Å². The van der Waals surface area contributed by atoms with Crippen molar-refractivity contribution in [2.45, 2.75) is 33.1 Å². The zero-order valence-corrected chi connectivity index (χ0v) is 19.6. The maximum absolute atomic E-state index is 13.1. The SMILES string of the molecule is CCCOc1nc2ccccc2nc1N1CCC[C@H](C(=O)Nc2cccc(C(=O)OCC)c2)C1. The molecule has 0 radical (unpaired) electrons. The number of esters is 1. The average Bonchev–Trinajstić information content (AvgIpc) is 2.87. The highest BCUT2D eigenvalue weighted by atomic mass is 16.5. The van der Waals surface area contributed by atoms with Gasteiger partial charge >= 0.3 is 5.97 Å². The van der Waals surface area contributed by atoms with E-state index >= 15 is 0 Å². The van der Waals surface area contributed by atoms with Gasteiger partial charge in [0.15, 0.2) is 5.82 Å². The molecule has 1 fully saturated rings. The molecule has 34 heavy (non-hydrogen) atoms. The maximum atomic E-state index is 13.1. The summed E-state index contributed by atoms with van der Waals surface area (Å²) in [7, 11) is 0. The zero-order valence-electron chi connectivity index (χ0n) is 19.6. The van der Waals surface area contributed by atoms with Gasteiger partial charge in [0.2, 0.25) is 5.91 Å². The topological polar surface area (TPSA) is 93.7 Å². The number of piperidine rings is 1. The number of nitrogens with one attached hydrogen (secondary N) is 1. The molecule has 1 N–H and O–H groups in total. The number of carbonyl (C=O) groups is 2. The lowest BCUT2D eigenvalue weighted by atomic mass is 9.97. The van der Waals surface area contributed by atoms with Crippen LogP contribution >= 0.6 is 0 Å². The number of fused-ring (bicyclic) bond motifs is 1. The summed E-state index contributed by atoms with van der Waals surface area (Å²) in [6.45, 7) is 5.95. The van der Waals surface area contributed by atoms with Crippen molar-refractivity contribution in [3.05, 3.63) is 54.1 Å². The Morgan fingerprint density at radius 2 is 1.88 bits per heavy atom. The molecule has 3 aromatic rings. The van der Waals surface area contributed by atoms with Crippen molar-refractivity contribution in [2.24, 2.45) is 5.92 Å². The number of rotatable bonds is 8. The van der Waals surface area contributed by atoms with E-state index in [9.17, 15) is 9.59 Å². The van der Waals surface area contributed by atoms with E-state index < -0.39 is 5.97 Å². The first kappa shape index (κ1) is 23.5. The number of amides is 1. The number of anilines is 2.